The number of aliphatic carboxylic acids is 1. The lowest BCUT2D eigenvalue weighted by Gasteiger charge is -2.13. The number of halogens is 2. The normalized spacial score (nSPS) is 21.8. The van der Waals surface area contributed by atoms with Crippen molar-refractivity contribution in [1.82, 2.24) is 0 Å². The van der Waals surface area contributed by atoms with Crippen LogP contribution in [0.15, 0.2) is 22.9 Å². The summed E-state index contributed by atoms with van der Waals surface area (Å²) in [5.41, 5.74) is 0. The number of carboxylic acids is 1. The fourth-order valence-corrected chi connectivity index (χ4v) is 1.48. The van der Waals surface area contributed by atoms with E-state index >= 15 is 0 Å². The second-order valence-corrected chi connectivity index (χ2v) is 3.55. The Kier molecular flexibility index (Phi) is 3.63. The zero-order chi connectivity index (χ0) is 9.84. The van der Waals surface area contributed by atoms with E-state index in [0.29, 0.717) is 17.2 Å². The molecule has 0 amide bonds. The summed E-state index contributed by atoms with van der Waals surface area (Å²) in [6, 6.07) is 0. The van der Waals surface area contributed by atoms with Crippen molar-refractivity contribution in [3.8, 4) is 0 Å². The Hall–Kier alpha value is -0.670. The van der Waals surface area contributed by atoms with Crippen molar-refractivity contribution in [3.63, 3.8) is 0 Å². The molecule has 1 unspecified atom stereocenters. The predicted molar refractivity (Wildman–Crippen MR) is 49.9 cm³/mol. The van der Waals surface area contributed by atoms with Crippen molar-refractivity contribution in [3.05, 3.63) is 22.9 Å². The maximum absolute atomic E-state index is 10.2. The fourth-order valence-electron chi connectivity index (χ4n) is 0.888. The van der Waals surface area contributed by atoms with Gasteiger partial charge in [-0.05, 0) is 6.08 Å². The minimum absolute atomic E-state index is 0.135. The van der Waals surface area contributed by atoms with Crippen LogP contribution in [0, 0.1) is 0 Å². The number of rotatable bonds is 3. The van der Waals surface area contributed by atoms with Gasteiger partial charge in [0.1, 0.15) is 5.76 Å². The fraction of sp³-hybridized carbons (Fsp3) is 0.375. The van der Waals surface area contributed by atoms with Gasteiger partial charge in [-0.1, -0.05) is 17.7 Å². The minimum atomic E-state index is -1.03. The van der Waals surface area contributed by atoms with E-state index in [1.807, 2.05) is 0 Å². The summed E-state index contributed by atoms with van der Waals surface area (Å²) >= 11 is 11.5. The van der Waals surface area contributed by atoms with Crippen molar-refractivity contribution in [1.29, 1.82) is 0 Å². The van der Waals surface area contributed by atoms with E-state index in [4.69, 9.17) is 33.0 Å². The number of carbonyl (C=O) groups is 1. The van der Waals surface area contributed by atoms with Crippen LogP contribution in [0.3, 0.4) is 0 Å². The highest BCUT2D eigenvalue weighted by atomic mass is 35.5. The monoisotopic (exact) mass is 222 g/mol. The van der Waals surface area contributed by atoms with E-state index in [1.165, 1.54) is 0 Å². The van der Waals surface area contributed by atoms with Gasteiger partial charge in [-0.25, -0.2) is 4.79 Å². The molecule has 0 bridgehead atoms. The van der Waals surface area contributed by atoms with Gasteiger partial charge in [0, 0.05) is 6.42 Å². The van der Waals surface area contributed by atoms with Crippen molar-refractivity contribution in [2.45, 2.75) is 11.8 Å². The smallest absolute Gasteiger partial charge is 0.341 e. The van der Waals surface area contributed by atoms with Crippen molar-refractivity contribution in [2.24, 2.45) is 0 Å². The van der Waals surface area contributed by atoms with Gasteiger partial charge in [0.15, 0.2) is 6.61 Å². The van der Waals surface area contributed by atoms with Crippen LogP contribution in [0.2, 0.25) is 0 Å². The number of alkyl halides is 1. The van der Waals surface area contributed by atoms with Crippen molar-refractivity contribution < 1.29 is 14.6 Å². The first kappa shape index (κ1) is 10.4. The molecule has 3 nitrogen and oxygen atoms in total. The molecule has 0 aliphatic heterocycles. The van der Waals surface area contributed by atoms with Crippen LogP contribution in [0.25, 0.3) is 0 Å². The summed E-state index contributed by atoms with van der Waals surface area (Å²) in [6.45, 7) is -0.386. The zero-order valence-corrected chi connectivity index (χ0v) is 8.18. The summed E-state index contributed by atoms with van der Waals surface area (Å²) in [5.74, 6) is -0.640. The van der Waals surface area contributed by atoms with Gasteiger partial charge in [-0.2, -0.15) is 0 Å². The molecule has 0 spiro atoms. The van der Waals surface area contributed by atoms with Crippen LogP contribution >= 0.6 is 23.2 Å². The van der Waals surface area contributed by atoms with Gasteiger partial charge in [0.05, 0.1) is 10.4 Å². The van der Waals surface area contributed by atoms with Gasteiger partial charge in [-0.3, -0.25) is 0 Å². The third-order valence-corrected chi connectivity index (χ3v) is 2.09. The van der Waals surface area contributed by atoms with Crippen LogP contribution in [0.5, 0.6) is 0 Å². The molecule has 13 heavy (non-hydrogen) atoms. The first-order valence-electron chi connectivity index (χ1n) is 3.65. The van der Waals surface area contributed by atoms with Gasteiger partial charge >= 0.3 is 5.97 Å². The third-order valence-electron chi connectivity index (χ3n) is 1.45. The van der Waals surface area contributed by atoms with E-state index in [9.17, 15) is 4.79 Å². The molecule has 0 aromatic rings. The minimum Gasteiger partial charge on any atom is -0.481 e. The number of allylic oxidation sites excluding steroid dienone is 3. The van der Waals surface area contributed by atoms with Gasteiger partial charge in [0.25, 0.3) is 0 Å². The Morgan fingerprint density at radius 2 is 2.46 bits per heavy atom. The Morgan fingerprint density at radius 3 is 3.00 bits per heavy atom. The lowest BCUT2D eigenvalue weighted by molar-refractivity contribution is -0.140. The third kappa shape index (κ3) is 3.28. The average molecular weight is 223 g/mol. The summed E-state index contributed by atoms with van der Waals surface area (Å²) in [6.07, 6.45) is 3.78. The van der Waals surface area contributed by atoms with E-state index < -0.39 is 5.97 Å². The Labute approximate surface area is 85.6 Å². The molecule has 0 saturated heterocycles. The molecule has 1 aliphatic rings. The lowest BCUT2D eigenvalue weighted by atomic mass is 10.1. The van der Waals surface area contributed by atoms with Gasteiger partial charge in [-0.15, -0.1) is 11.6 Å². The molecular formula is C8H8Cl2O3. The van der Waals surface area contributed by atoms with E-state index in [1.54, 1.807) is 12.2 Å². The molecule has 1 aliphatic carbocycles. The maximum Gasteiger partial charge on any atom is 0.341 e. The molecule has 1 N–H and O–H groups in total. The largest absolute Gasteiger partial charge is 0.481 e. The quantitative estimate of drug-likeness (QED) is 0.745. The number of carboxylic acid groups (broad SMARTS) is 1. The Morgan fingerprint density at radius 1 is 1.77 bits per heavy atom. The summed E-state index contributed by atoms with van der Waals surface area (Å²) in [7, 11) is 0. The molecule has 0 saturated carbocycles. The Bertz CT molecular complexity index is 271. The number of hydrogen-bond donors (Lipinski definition) is 1. The molecule has 1 atom stereocenters. The molecule has 0 aromatic carbocycles. The van der Waals surface area contributed by atoms with Crippen LogP contribution in [0.1, 0.15) is 6.42 Å². The molecule has 0 heterocycles. The van der Waals surface area contributed by atoms with Crippen LogP contribution in [-0.2, 0) is 9.53 Å². The average Bonchev–Trinajstić information content (AvgIpc) is 2.02. The molecular weight excluding hydrogens is 215 g/mol. The molecule has 0 fully saturated rings. The van der Waals surface area contributed by atoms with E-state index in [0.717, 1.165) is 0 Å². The van der Waals surface area contributed by atoms with Crippen LogP contribution in [-0.4, -0.2) is 23.1 Å². The molecule has 1 rings (SSSR count). The number of hydrogen-bond acceptors (Lipinski definition) is 2. The van der Waals surface area contributed by atoms with Crippen molar-refractivity contribution in [2.75, 3.05) is 6.61 Å². The standard InChI is InChI=1S/C8H8Cl2O3/c9-5-1-2-7(6(10)3-5)13-4-8(11)12/h1-2,5H,3-4H2,(H,11,12). The summed E-state index contributed by atoms with van der Waals surface area (Å²) < 4.78 is 4.91. The van der Waals surface area contributed by atoms with E-state index in [-0.39, 0.29) is 12.0 Å². The molecule has 5 heteroatoms. The SMILES string of the molecule is O=C(O)COC1=C(Cl)CC(Cl)C=C1. The first-order chi connectivity index (χ1) is 6.09. The predicted octanol–water partition coefficient (Wildman–Crippen LogP) is 2.11. The number of ether oxygens (including phenoxy) is 1. The lowest BCUT2D eigenvalue weighted by Crippen LogP contribution is -2.09. The highest BCUT2D eigenvalue weighted by molar-refractivity contribution is 6.31. The zero-order valence-electron chi connectivity index (χ0n) is 6.67. The Balaban J connectivity index is 2.54. The second-order valence-electron chi connectivity index (χ2n) is 2.53. The maximum atomic E-state index is 10.2. The van der Waals surface area contributed by atoms with Crippen LogP contribution < -0.4 is 0 Å². The topological polar surface area (TPSA) is 46.5 Å². The molecule has 0 aromatic heterocycles. The molecule has 72 valence electrons. The second kappa shape index (κ2) is 4.53. The van der Waals surface area contributed by atoms with Gasteiger partial charge in [0.2, 0.25) is 0 Å². The van der Waals surface area contributed by atoms with Crippen molar-refractivity contribution >= 4 is 29.2 Å². The van der Waals surface area contributed by atoms with E-state index in [2.05, 4.69) is 0 Å². The van der Waals surface area contributed by atoms with Gasteiger partial charge < -0.3 is 9.84 Å². The molecule has 0 radical (unpaired) electrons. The summed E-state index contributed by atoms with van der Waals surface area (Å²) in [4.78, 5) is 10.2. The summed E-state index contributed by atoms with van der Waals surface area (Å²) in [5, 5.41) is 8.67. The first-order valence-corrected chi connectivity index (χ1v) is 4.46. The highest BCUT2D eigenvalue weighted by Crippen LogP contribution is 2.26. The highest BCUT2D eigenvalue weighted by Gasteiger charge is 2.14. The van der Waals surface area contributed by atoms with Crippen LogP contribution in [0.4, 0.5) is 0 Å².